The van der Waals surface area contributed by atoms with E-state index in [1.807, 2.05) is 12.1 Å². The molecule has 1 aromatic heterocycles. The largest absolute Gasteiger partial charge is 0.375 e. The number of anilines is 2. The van der Waals surface area contributed by atoms with Gasteiger partial charge in [-0.3, -0.25) is 0 Å². The Labute approximate surface area is 231 Å². The van der Waals surface area contributed by atoms with E-state index in [0.717, 1.165) is 48.4 Å². The van der Waals surface area contributed by atoms with Gasteiger partial charge in [0.05, 0.1) is 6.54 Å². The van der Waals surface area contributed by atoms with Crippen molar-refractivity contribution >= 4 is 40.3 Å². The van der Waals surface area contributed by atoms with Gasteiger partial charge in [-0.25, -0.2) is 0 Å². The molecule has 3 aromatic carbocycles. The zero-order chi connectivity index (χ0) is 26.2. The molecule has 4 nitrogen and oxygen atoms in total. The van der Waals surface area contributed by atoms with Gasteiger partial charge in [0.2, 0.25) is 0 Å². The molecule has 0 saturated heterocycles. The Balaban J connectivity index is 1.47. The molecule has 0 aliphatic heterocycles. The van der Waals surface area contributed by atoms with E-state index in [1.54, 1.807) is 0 Å². The van der Waals surface area contributed by atoms with E-state index in [1.165, 1.54) is 28.1 Å². The fourth-order valence-electron chi connectivity index (χ4n) is 4.31. The third-order valence-corrected chi connectivity index (χ3v) is 7.32. The van der Waals surface area contributed by atoms with Crippen molar-refractivity contribution in [1.29, 1.82) is 0 Å². The summed E-state index contributed by atoms with van der Waals surface area (Å²) in [6.07, 6.45) is 3.11. The summed E-state index contributed by atoms with van der Waals surface area (Å²) in [5.74, 6) is 0. The van der Waals surface area contributed by atoms with Crippen LogP contribution in [0.15, 0.2) is 91.1 Å². The molecule has 0 unspecified atom stereocenters. The summed E-state index contributed by atoms with van der Waals surface area (Å²) in [6.45, 7) is 7.57. The predicted molar refractivity (Wildman–Crippen MR) is 162 cm³/mol. The Morgan fingerprint density at radius 3 is 2.38 bits per heavy atom. The number of para-hydroxylation sites is 1. The number of nitrogens with zero attached hydrogens (tertiary/aromatic N) is 3. The molecule has 0 radical (unpaired) electrons. The van der Waals surface area contributed by atoms with Crippen molar-refractivity contribution in [2.45, 2.75) is 33.4 Å². The number of aromatic nitrogens is 1. The fraction of sp³-hybridized carbons (Fsp3) is 0.258. The lowest BCUT2D eigenvalue weighted by atomic mass is 10.1. The molecule has 4 rings (SSSR count). The maximum Gasteiger partial charge on any atom is 0.173 e. The Bertz CT molecular complexity index is 1300. The van der Waals surface area contributed by atoms with E-state index < -0.39 is 0 Å². The average molecular weight is 531 g/mol. The zero-order valence-corrected chi connectivity index (χ0v) is 23.4. The lowest BCUT2D eigenvalue weighted by molar-refractivity contribution is 0.399. The first kappa shape index (κ1) is 26.8. The molecular formula is C31H35ClN4S. The van der Waals surface area contributed by atoms with Crippen molar-refractivity contribution in [2.24, 2.45) is 0 Å². The summed E-state index contributed by atoms with van der Waals surface area (Å²) < 4.78 is 2.28. The van der Waals surface area contributed by atoms with Crippen LogP contribution in [0.4, 0.5) is 11.4 Å². The van der Waals surface area contributed by atoms with E-state index in [2.05, 4.69) is 120 Å². The molecule has 0 spiro atoms. The molecule has 192 valence electrons. The van der Waals surface area contributed by atoms with Crippen LogP contribution in [0.3, 0.4) is 0 Å². The van der Waals surface area contributed by atoms with Crippen LogP contribution in [0.1, 0.15) is 28.8 Å². The van der Waals surface area contributed by atoms with Gasteiger partial charge in [-0.05, 0) is 97.7 Å². The summed E-state index contributed by atoms with van der Waals surface area (Å²) in [4.78, 5) is 4.57. The molecule has 1 N–H and O–H groups in total. The van der Waals surface area contributed by atoms with Gasteiger partial charge in [0.1, 0.15) is 0 Å². The van der Waals surface area contributed by atoms with Crippen LogP contribution < -0.4 is 10.2 Å². The number of thiocarbonyl (C=S) groups is 1. The highest BCUT2D eigenvalue weighted by molar-refractivity contribution is 7.80. The van der Waals surface area contributed by atoms with Gasteiger partial charge in [0.15, 0.2) is 5.11 Å². The van der Waals surface area contributed by atoms with Crippen LogP contribution in [-0.2, 0) is 13.1 Å². The number of nitrogens with one attached hydrogen (secondary N) is 1. The second-order valence-corrected chi connectivity index (χ2v) is 10.3. The Morgan fingerprint density at radius 2 is 1.65 bits per heavy atom. The maximum atomic E-state index is 6.08. The molecule has 0 aliphatic carbocycles. The number of aryl methyl sites for hydroxylation is 2. The first-order chi connectivity index (χ1) is 17.9. The van der Waals surface area contributed by atoms with Crippen LogP contribution in [-0.4, -0.2) is 34.7 Å². The summed E-state index contributed by atoms with van der Waals surface area (Å²) >= 11 is 12.0. The van der Waals surface area contributed by atoms with Crippen LogP contribution in [0, 0.1) is 13.8 Å². The summed E-state index contributed by atoms with van der Waals surface area (Å²) in [5, 5.41) is 4.98. The summed E-state index contributed by atoms with van der Waals surface area (Å²) in [7, 11) is 2.14. The highest BCUT2D eigenvalue weighted by Crippen LogP contribution is 2.18. The Morgan fingerprint density at radius 1 is 0.892 bits per heavy atom. The molecule has 4 aromatic rings. The number of hydrogen-bond donors (Lipinski definition) is 1. The minimum Gasteiger partial charge on any atom is -0.375 e. The van der Waals surface area contributed by atoms with Gasteiger partial charge in [0.25, 0.3) is 0 Å². The number of hydrogen-bond acceptors (Lipinski definition) is 2. The second kappa shape index (κ2) is 12.8. The topological polar surface area (TPSA) is 23.4 Å². The third kappa shape index (κ3) is 7.61. The smallest absolute Gasteiger partial charge is 0.173 e. The SMILES string of the molecule is Cc1ccc(NC(=S)N(CCCN(C)c2ccccc2)Cc2cccn2Cc2ccc(Cl)cc2)cc1C. The quantitative estimate of drug-likeness (QED) is 0.214. The molecule has 0 amide bonds. The molecule has 1 heterocycles. The van der Waals surface area contributed by atoms with Crippen LogP contribution in [0.25, 0.3) is 0 Å². The molecule has 37 heavy (non-hydrogen) atoms. The van der Waals surface area contributed by atoms with Crippen LogP contribution in [0.5, 0.6) is 0 Å². The second-order valence-electron chi connectivity index (χ2n) is 9.52. The normalized spacial score (nSPS) is 10.8. The Hall–Kier alpha value is -3.28. The van der Waals surface area contributed by atoms with E-state index in [-0.39, 0.29) is 0 Å². The van der Waals surface area contributed by atoms with Crippen molar-refractivity contribution in [1.82, 2.24) is 9.47 Å². The Kier molecular flexibility index (Phi) is 9.26. The van der Waals surface area contributed by atoms with E-state index in [0.29, 0.717) is 0 Å². The van der Waals surface area contributed by atoms with Gasteiger partial charge in [-0.2, -0.15) is 0 Å². The van der Waals surface area contributed by atoms with E-state index in [4.69, 9.17) is 23.8 Å². The van der Waals surface area contributed by atoms with Crippen molar-refractivity contribution in [3.63, 3.8) is 0 Å². The van der Waals surface area contributed by atoms with Gasteiger partial charge < -0.3 is 19.7 Å². The zero-order valence-electron chi connectivity index (χ0n) is 21.8. The predicted octanol–water partition coefficient (Wildman–Crippen LogP) is 7.53. The lowest BCUT2D eigenvalue weighted by Gasteiger charge is -2.28. The minimum atomic E-state index is 0.728. The highest BCUT2D eigenvalue weighted by atomic mass is 35.5. The van der Waals surface area contributed by atoms with Gasteiger partial charge in [-0.15, -0.1) is 0 Å². The first-order valence-corrected chi connectivity index (χ1v) is 13.5. The monoisotopic (exact) mass is 530 g/mol. The number of benzene rings is 3. The van der Waals surface area contributed by atoms with Crippen molar-refractivity contribution < 1.29 is 0 Å². The molecule has 0 saturated carbocycles. The molecular weight excluding hydrogens is 496 g/mol. The van der Waals surface area contributed by atoms with Crippen molar-refractivity contribution in [3.8, 4) is 0 Å². The molecule has 0 bridgehead atoms. The molecule has 6 heteroatoms. The van der Waals surface area contributed by atoms with E-state index in [9.17, 15) is 0 Å². The van der Waals surface area contributed by atoms with Crippen LogP contribution in [0.2, 0.25) is 5.02 Å². The summed E-state index contributed by atoms with van der Waals surface area (Å²) in [6, 6.07) is 29.2. The fourth-order valence-corrected chi connectivity index (χ4v) is 4.71. The van der Waals surface area contributed by atoms with Crippen molar-refractivity contribution in [3.05, 3.63) is 119 Å². The molecule has 0 fully saturated rings. The van der Waals surface area contributed by atoms with Gasteiger partial charge in [-0.1, -0.05) is 48.0 Å². The van der Waals surface area contributed by atoms with E-state index >= 15 is 0 Å². The number of rotatable bonds is 10. The first-order valence-electron chi connectivity index (χ1n) is 12.7. The van der Waals surface area contributed by atoms with Gasteiger partial charge in [0, 0.05) is 55.0 Å². The number of halogens is 1. The maximum absolute atomic E-state index is 6.08. The third-order valence-electron chi connectivity index (χ3n) is 6.71. The lowest BCUT2D eigenvalue weighted by Crippen LogP contribution is -2.37. The molecule has 0 atom stereocenters. The summed E-state index contributed by atoms with van der Waals surface area (Å²) in [5.41, 5.74) is 7.21. The minimum absolute atomic E-state index is 0.728. The highest BCUT2D eigenvalue weighted by Gasteiger charge is 2.14. The van der Waals surface area contributed by atoms with Gasteiger partial charge >= 0.3 is 0 Å². The van der Waals surface area contributed by atoms with Crippen molar-refractivity contribution in [2.75, 3.05) is 30.4 Å². The standard InChI is InChI=1S/C31H35ClN4S/c1-24-12-17-28(21-25(24)2)33-31(37)36(20-8-18-34(3)29-9-5-4-6-10-29)23-30-11-7-19-35(30)22-26-13-15-27(32)16-14-26/h4-7,9-17,19,21H,8,18,20,22-23H2,1-3H3,(H,33,37). The average Bonchev–Trinajstić information content (AvgIpc) is 3.33. The van der Waals surface area contributed by atoms with Crippen LogP contribution >= 0.6 is 23.8 Å². The molecule has 0 aliphatic rings.